The molecule has 5 nitrogen and oxygen atoms in total. The number of nitrogens with one attached hydrogen (secondary N) is 1. The predicted octanol–water partition coefficient (Wildman–Crippen LogP) is 2.82. The molecule has 1 rings (SSSR count). The lowest BCUT2D eigenvalue weighted by atomic mass is 10.0. The van der Waals surface area contributed by atoms with Crippen molar-refractivity contribution in [2.45, 2.75) is 23.8 Å². The molecule has 2 N–H and O–H groups in total. The number of methoxy groups -OCH3 is 1. The van der Waals surface area contributed by atoms with E-state index < -0.39 is 15.6 Å². The van der Waals surface area contributed by atoms with E-state index in [2.05, 4.69) is 20.7 Å². The van der Waals surface area contributed by atoms with E-state index in [-0.39, 0.29) is 27.9 Å². The number of hydrogen-bond acceptors (Lipinski definition) is 4. The molecule has 0 aliphatic carbocycles. The summed E-state index contributed by atoms with van der Waals surface area (Å²) in [5.74, 6) is 0. The fraction of sp³-hybridized carbons (Fsp3) is 0.500. The van der Waals surface area contributed by atoms with Crippen LogP contribution >= 0.6 is 39.1 Å². The van der Waals surface area contributed by atoms with E-state index >= 15 is 0 Å². The molecular weight excluding hydrogens is 405 g/mol. The lowest BCUT2D eigenvalue weighted by molar-refractivity contribution is 0.0292. The minimum atomic E-state index is -3.93. The minimum absolute atomic E-state index is 0.00147. The SMILES string of the molecule is COCCC(C)(O)CNS(=O)(=O)c1c(Cl)cc(Br)cc1Cl. The van der Waals surface area contributed by atoms with Crippen LogP contribution in [0.25, 0.3) is 0 Å². The van der Waals surface area contributed by atoms with Crippen LogP contribution in [0.4, 0.5) is 0 Å². The van der Waals surface area contributed by atoms with Gasteiger partial charge in [0.2, 0.25) is 10.0 Å². The molecule has 0 spiro atoms. The molecule has 1 atom stereocenters. The molecule has 1 aromatic carbocycles. The molecule has 0 heterocycles. The number of aliphatic hydroxyl groups is 1. The van der Waals surface area contributed by atoms with Gasteiger partial charge in [0.05, 0.1) is 15.6 Å². The quantitative estimate of drug-likeness (QED) is 0.711. The Morgan fingerprint density at radius 2 is 1.90 bits per heavy atom. The van der Waals surface area contributed by atoms with Crippen LogP contribution in [0.1, 0.15) is 13.3 Å². The molecule has 9 heteroatoms. The molecule has 0 aliphatic rings. The van der Waals surface area contributed by atoms with Gasteiger partial charge in [-0.05, 0) is 19.1 Å². The van der Waals surface area contributed by atoms with E-state index in [1.54, 1.807) is 0 Å². The highest BCUT2D eigenvalue weighted by Gasteiger charge is 2.27. The number of halogens is 3. The summed E-state index contributed by atoms with van der Waals surface area (Å²) in [4.78, 5) is -0.212. The molecule has 1 unspecified atom stereocenters. The number of hydrogen-bond donors (Lipinski definition) is 2. The van der Waals surface area contributed by atoms with Crippen molar-refractivity contribution in [2.24, 2.45) is 0 Å². The third-order valence-electron chi connectivity index (χ3n) is 2.72. The first kappa shape index (κ1) is 19.2. The largest absolute Gasteiger partial charge is 0.389 e. The van der Waals surface area contributed by atoms with Crippen LogP contribution < -0.4 is 4.72 Å². The maximum Gasteiger partial charge on any atom is 0.243 e. The van der Waals surface area contributed by atoms with Gasteiger partial charge in [0.1, 0.15) is 4.90 Å². The summed E-state index contributed by atoms with van der Waals surface area (Å²) >= 11 is 15.0. The molecule has 0 bridgehead atoms. The van der Waals surface area contributed by atoms with Crippen LogP contribution in [0.5, 0.6) is 0 Å². The third-order valence-corrected chi connectivity index (χ3v) is 5.50. The Balaban J connectivity index is 2.93. The van der Waals surface area contributed by atoms with Gasteiger partial charge >= 0.3 is 0 Å². The van der Waals surface area contributed by atoms with Crippen molar-refractivity contribution < 1.29 is 18.3 Å². The molecule has 21 heavy (non-hydrogen) atoms. The Morgan fingerprint density at radius 1 is 1.38 bits per heavy atom. The molecule has 0 aromatic heterocycles. The van der Waals surface area contributed by atoms with Gasteiger partial charge in [-0.3, -0.25) is 0 Å². The summed E-state index contributed by atoms with van der Waals surface area (Å²) in [6.07, 6.45) is 0.286. The second-order valence-electron chi connectivity index (χ2n) is 4.76. The molecule has 0 amide bonds. The summed E-state index contributed by atoms with van der Waals surface area (Å²) in [7, 11) is -2.43. The molecule has 0 saturated carbocycles. The van der Waals surface area contributed by atoms with Crippen LogP contribution in [0.3, 0.4) is 0 Å². The van der Waals surface area contributed by atoms with Crippen LogP contribution in [-0.4, -0.2) is 39.4 Å². The minimum Gasteiger partial charge on any atom is -0.389 e. The fourth-order valence-corrected chi connectivity index (χ4v) is 4.61. The van der Waals surface area contributed by atoms with E-state index in [9.17, 15) is 13.5 Å². The molecule has 1 aromatic rings. The van der Waals surface area contributed by atoms with Crippen molar-refractivity contribution >= 4 is 49.2 Å². The highest BCUT2D eigenvalue weighted by molar-refractivity contribution is 9.10. The van der Waals surface area contributed by atoms with Crippen molar-refractivity contribution in [3.8, 4) is 0 Å². The van der Waals surface area contributed by atoms with Crippen LogP contribution in [0, 0.1) is 0 Å². The van der Waals surface area contributed by atoms with Gasteiger partial charge in [0.25, 0.3) is 0 Å². The van der Waals surface area contributed by atoms with Gasteiger partial charge in [0.15, 0.2) is 0 Å². The predicted molar refractivity (Wildman–Crippen MR) is 86.5 cm³/mol. The smallest absolute Gasteiger partial charge is 0.243 e. The zero-order valence-corrected chi connectivity index (χ0v) is 15.4. The van der Waals surface area contributed by atoms with Crippen LogP contribution in [0.2, 0.25) is 10.0 Å². The first-order chi connectivity index (χ1) is 9.59. The van der Waals surface area contributed by atoms with E-state index in [1.807, 2.05) is 0 Å². The summed E-state index contributed by atoms with van der Waals surface area (Å²) in [5, 5.41) is 10.1. The topological polar surface area (TPSA) is 75.6 Å². The summed E-state index contributed by atoms with van der Waals surface area (Å²) in [6, 6.07) is 2.87. The third kappa shape index (κ3) is 5.67. The number of sulfonamides is 1. The average molecular weight is 421 g/mol. The highest BCUT2D eigenvalue weighted by Crippen LogP contribution is 2.32. The second-order valence-corrected chi connectivity index (χ2v) is 8.20. The van der Waals surface area contributed by atoms with Gasteiger partial charge in [0, 0.05) is 31.2 Å². The normalized spacial score (nSPS) is 15.0. The highest BCUT2D eigenvalue weighted by atomic mass is 79.9. The van der Waals surface area contributed by atoms with E-state index in [4.69, 9.17) is 27.9 Å². The Kier molecular flexibility index (Phi) is 6.92. The summed E-state index contributed by atoms with van der Waals surface area (Å²) in [6.45, 7) is 1.65. The van der Waals surface area contributed by atoms with Crippen molar-refractivity contribution in [3.63, 3.8) is 0 Å². The molecule has 0 saturated heterocycles. The monoisotopic (exact) mass is 419 g/mol. The fourth-order valence-electron chi connectivity index (χ4n) is 1.52. The summed E-state index contributed by atoms with van der Waals surface area (Å²) in [5.41, 5.74) is -1.24. The lowest BCUT2D eigenvalue weighted by Crippen LogP contribution is -2.41. The van der Waals surface area contributed by atoms with E-state index in [0.717, 1.165) is 0 Å². The van der Waals surface area contributed by atoms with Gasteiger partial charge in [-0.2, -0.15) is 0 Å². The average Bonchev–Trinajstić information content (AvgIpc) is 2.33. The second kappa shape index (κ2) is 7.59. The van der Waals surface area contributed by atoms with Gasteiger partial charge in [-0.15, -0.1) is 0 Å². The van der Waals surface area contributed by atoms with E-state index in [0.29, 0.717) is 11.1 Å². The standard InChI is InChI=1S/C12H16BrCl2NO4S/c1-12(17,3-4-20-2)7-16-21(18,19)11-9(14)5-8(13)6-10(11)15/h5-6,16-17H,3-4,7H2,1-2H3. The molecule has 0 radical (unpaired) electrons. The van der Waals surface area contributed by atoms with Crippen molar-refractivity contribution in [2.75, 3.05) is 20.3 Å². The van der Waals surface area contributed by atoms with Crippen molar-refractivity contribution in [3.05, 3.63) is 26.7 Å². The van der Waals surface area contributed by atoms with Crippen LogP contribution in [-0.2, 0) is 14.8 Å². The van der Waals surface area contributed by atoms with Gasteiger partial charge in [-0.1, -0.05) is 39.1 Å². The zero-order chi connectivity index (χ0) is 16.3. The maximum absolute atomic E-state index is 12.3. The van der Waals surface area contributed by atoms with E-state index in [1.165, 1.54) is 26.2 Å². The Labute approximate surface area is 142 Å². The number of rotatable bonds is 7. The first-order valence-electron chi connectivity index (χ1n) is 5.94. The molecule has 0 fully saturated rings. The first-order valence-corrected chi connectivity index (χ1v) is 8.98. The molecule has 120 valence electrons. The van der Waals surface area contributed by atoms with Crippen molar-refractivity contribution in [1.82, 2.24) is 4.72 Å². The number of benzene rings is 1. The Morgan fingerprint density at radius 3 is 2.38 bits per heavy atom. The zero-order valence-electron chi connectivity index (χ0n) is 11.5. The summed E-state index contributed by atoms with van der Waals surface area (Å²) < 4.78 is 32.3. The molecular formula is C12H16BrCl2NO4S. The Hall–Kier alpha value is 0.110. The van der Waals surface area contributed by atoms with Crippen molar-refractivity contribution in [1.29, 1.82) is 0 Å². The number of ether oxygens (including phenoxy) is 1. The molecule has 0 aliphatic heterocycles. The Bertz CT molecular complexity index is 584. The maximum atomic E-state index is 12.3. The lowest BCUT2D eigenvalue weighted by Gasteiger charge is -2.23. The van der Waals surface area contributed by atoms with Gasteiger partial charge in [-0.25, -0.2) is 13.1 Å². The van der Waals surface area contributed by atoms with Crippen LogP contribution in [0.15, 0.2) is 21.5 Å². The van der Waals surface area contributed by atoms with Gasteiger partial charge < -0.3 is 9.84 Å².